The standard InChI is InChI=1S/C17H20N2O/c1-2-12-19(16-11-7-6-10-15(16)18)17(20)13-14-8-4-3-5-9-14/h3-11H,2,12-13,18H2,1H3. The van der Waals surface area contributed by atoms with Crippen molar-refractivity contribution in [1.29, 1.82) is 0 Å². The van der Waals surface area contributed by atoms with Crippen LogP contribution >= 0.6 is 0 Å². The van der Waals surface area contributed by atoms with Crippen molar-refractivity contribution in [3.8, 4) is 0 Å². The lowest BCUT2D eigenvalue weighted by Crippen LogP contribution is -2.33. The van der Waals surface area contributed by atoms with Gasteiger partial charge in [0, 0.05) is 6.54 Å². The van der Waals surface area contributed by atoms with Gasteiger partial charge in [-0.05, 0) is 24.1 Å². The third kappa shape index (κ3) is 3.38. The van der Waals surface area contributed by atoms with Crippen LogP contribution < -0.4 is 10.6 Å². The van der Waals surface area contributed by atoms with Crippen LogP contribution in [0.4, 0.5) is 11.4 Å². The molecule has 0 unspecified atom stereocenters. The van der Waals surface area contributed by atoms with Crippen molar-refractivity contribution in [3.05, 3.63) is 60.2 Å². The second kappa shape index (κ2) is 6.75. The summed E-state index contributed by atoms with van der Waals surface area (Å²) in [5, 5.41) is 0. The van der Waals surface area contributed by atoms with Crippen LogP contribution in [0.5, 0.6) is 0 Å². The largest absolute Gasteiger partial charge is 0.397 e. The molecular formula is C17H20N2O. The highest BCUT2D eigenvalue weighted by atomic mass is 16.2. The molecule has 2 rings (SSSR count). The fourth-order valence-corrected chi connectivity index (χ4v) is 2.20. The average molecular weight is 268 g/mol. The van der Waals surface area contributed by atoms with E-state index in [1.54, 1.807) is 4.90 Å². The smallest absolute Gasteiger partial charge is 0.231 e. The van der Waals surface area contributed by atoms with Gasteiger partial charge in [-0.25, -0.2) is 0 Å². The summed E-state index contributed by atoms with van der Waals surface area (Å²) in [6.45, 7) is 2.74. The summed E-state index contributed by atoms with van der Waals surface area (Å²) in [5.41, 5.74) is 8.45. The number of nitrogens with zero attached hydrogens (tertiary/aromatic N) is 1. The number of hydrogen-bond donors (Lipinski definition) is 1. The van der Waals surface area contributed by atoms with Crippen molar-refractivity contribution < 1.29 is 4.79 Å². The van der Waals surface area contributed by atoms with Crippen molar-refractivity contribution in [2.45, 2.75) is 19.8 Å². The Bertz CT molecular complexity index is 566. The number of benzene rings is 2. The van der Waals surface area contributed by atoms with Crippen LogP contribution in [0.2, 0.25) is 0 Å². The summed E-state index contributed by atoms with van der Waals surface area (Å²) in [4.78, 5) is 14.3. The quantitative estimate of drug-likeness (QED) is 0.846. The number of anilines is 2. The summed E-state index contributed by atoms with van der Waals surface area (Å²) in [7, 11) is 0. The lowest BCUT2D eigenvalue weighted by Gasteiger charge is -2.23. The molecule has 3 nitrogen and oxygen atoms in total. The van der Waals surface area contributed by atoms with Gasteiger partial charge in [-0.15, -0.1) is 0 Å². The minimum atomic E-state index is 0.0796. The van der Waals surface area contributed by atoms with Crippen molar-refractivity contribution in [2.75, 3.05) is 17.2 Å². The second-order valence-electron chi connectivity index (χ2n) is 4.77. The van der Waals surface area contributed by atoms with Gasteiger partial charge in [-0.2, -0.15) is 0 Å². The van der Waals surface area contributed by atoms with E-state index >= 15 is 0 Å². The molecule has 0 spiro atoms. The molecule has 0 radical (unpaired) electrons. The van der Waals surface area contributed by atoms with Gasteiger partial charge >= 0.3 is 0 Å². The van der Waals surface area contributed by atoms with Crippen LogP contribution in [0.15, 0.2) is 54.6 Å². The molecule has 0 aliphatic heterocycles. The van der Waals surface area contributed by atoms with Crippen LogP contribution in [0.25, 0.3) is 0 Å². The first-order valence-electron chi connectivity index (χ1n) is 6.91. The molecule has 0 saturated carbocycles. The zero-order valence-corrected chi connectivity index (χ0v) is 11.8. The Kier molecular flexibility index (Phi) is 4.77. The molecule has 3 heteroatoms. The SMILES string of the molecule is CCCN(C(=O)Cc1ccccc1)c1ccccc1N. The summed E-state index contributed by atoms with van der Waals surface area (Å²) in [6, 6.07) is 17.3. The second-order valence-corrected chi connectivity index (χ2v) is 4.77. The number of amides is 1. The molecule has 0 heterocycles. The monoisotopic (exact) mass is 268 g/mol. The molecule has 0 atom stereocenters. The Morgan fingerprint density at radius 3 is 2.35 bits per heavy atom. The molecule has 0 saturated heterocycles. The Labute approximate surface area is 120 Å². The molecule has 104 valence electrons. The summed E-state index contributed by atoms with van der Waals surface area (Å²) < 4.78 is 0. The molecule has 0 aromatic heterocycles. The highest BCUT2D eigenvalue weighted by Gasteiger charge is 2.17. The first-order valence-corrected chi connectivity index (χ1v) is 6.91. The molecule has 20 heavy (non-hydrogen) atoms. The lowest BCUT2D eigenvalue weighted by atomic mass is 10.1. The maximum atomic E-state index is 12.5. The van der Waals surface area contributed by atoms with E-state index in [2.05, 4.69) is 6.92 Å². The van der Waals surface area contributed by atoms with E-state index in [9.17, 15) is 4.79 Å². The molecule has 1 amide bonds. The van der Waals surface area contributed by atoms with E-state index in [-0.39, 0.29) is 5.91 Å². The molecule has 0 bridgehead atoms. The van der Waals surface area contributed by atoms with Gasteiger partial charge in [0.2, 0.25) is 5.91 Å². The van der Waals surface area contributed by atoms with Gasteiger partial charge in [0.25, 0.3) is 0 Å². The Balaban J connectivity index is 2.20. The van der Waals surface area contributed by atoms with E-state index in [1.165, 1.54) is 0 Å². The van der Waals surface area contributed by atoms with E-state index in [0.717, 1.165) is 17.7 Å². The van der Waals surface area contributed by atoms with Crippen molar-refractivity contribution >= 4 is 17.3 Å². The van der Waals surface area contributed by atoms with Crippen LogP contribution in [0, 0.1) is 0 Å². The first kappa shape index (κ1) is 14.1. The maximum absolute atomic E-state index is 12.5. The Morgan fingerprint density at radius 1 is 1.05 bits per heavy atom. The highest BCUT2D eigenvalue weighted by Crippen LogP contribution is 2.23. The minimum Gasteiger partial charge on any atom is -0.397 e. The van der Waals surface area contributed by atoms with E-state index < -0.39 is 0 Å². The number of carbonyl (C=O) groups is 1. The minimum absolute atomic E-state index is 0.0796. The van der Waals surface area contributed by atoms with Gasteiger partial charge < -0.3 is 10.6 Å². The topological polar surface area (TPSA) is 46.3 Å². The van der Waals surface area contributed by atoms with Crippen LogP contribution in [-0.4, -0.2) is 12.5 Å². The van der Waals surface area contributed by atoms with Crippen LogP contribution in [-0.2, 0) is 11.2 Å². The average Bonchev–Trinajstić information content (AvgIpc) is 2.47. The van der Waals surface area contributed by atoms with E-state index in [1.807, 2.05) is 54.6 Å². The van der Waals surface area contributed by atoms with Gasteiger partial charge in [0.05, 0.1) is 17.8 Å². The first-order chi connectivity index (χ1) is 9.72. The number of nitrogen functional groups attached to an aromatic ring is 1. The molecule has 2 aromatic carbocycles. The van der Waals surface area contributed by atoms with Crippen LogP contribution in [0.1, 0.15) is 18.9 Å². The number of carbonyl (C=O) groups excluding carboxylic acids is 1. The third-order valence-corrected chi connectivity index (χ3v) is 3.17. The zero-order valence-electron chi connectivity index (χ0n) is 11.8. The summed E-state index contributed by atoms with van der Waals surface area (Å²) in [5.74, 6) is 0.0796. The summed E-state index contributed by atoms with van der Waals surface area (Å²) in [6.07, 6.45) is 1.30. The zero-order chi connectivity index (χ0) is 14.4. The van der Waals surface area contributed by atoms with E-state index in [4.69, 9.17) is 5.73 Å². The fraction of sp³-hybridized carbons (Fsp3) is 0.235. The van der Waals surface area contributed by atoms with E-state index in [0.29, 0.717) is 18.7 Å². The molecular weight excluding hydrogens is 248 g/mol. The predicted molar refractivity (Wildman–Crippen MR) is 83.6 cm³/mol. The fourth-order valence-electron chi connectivity index (χ4n) is 2.20. The maximum Gasteiger partial charge on any atom is 0.231 e. The lowest BCUT2D eigenvalue weighted by molar-refractivity contribution is -0.118. The Morgan fingerprint density at radius 2 is 1.70 bits per heavy atom. The van der Waals surface area contributed by atoms with Gasteiger partial charge in [0.1, 0.15) is 0 Å². The van der Waals surface area contributed by atoms with Gasteiger partial charge in [-0.3, -0.25) is 4.79 Å². The van der Waals surface area contributed by atoms with Crippen molar-refractivity contribution in [3.63, 3.8) is 0 Å². The number of hydrogen-bond acceptors (Lipinski definition) is 2. The molecule has 2 aromatic rings. The molecule has 0 fully saturated rings. The van der Waals surface area contributed by atoms with Gasteiger partial charge in [0.15, 0.2) is 0 Å². The Hall–Kier alpha value is -2.29. The normalized spacial score (nSPS) is 10.2. The third-order valence-electron chi connectivity index (χ3n) is 3.17. The molecule has 2 N–H and O–H groups in total. The molecule has 0 aliphatic carbocycles. The molecule has 0 aliphatic rings. The summed E-state index contributed by atoms with van der Waals surface area (Å²) >= 11 is 0. The van der Waals surface area contributed by atoms with Crippen molar-refractivity contribution in [1.82, 2.24) is 0 Å². The van der Waals surface area contributed by atoms with Crippen molar-refractivity contribution in [2.24, 2.45) is 0 Å². The number of rotatable bonds is 5. The predicted octanol–water partition coefficient (Wildman–Crippen LogP) is 3.25. The number of para-hydroxylation sites is 2. The van der Waals surface area contributed by atoms with Crippen LogP contribution in [0.3, 0.4) is 0 Å². The van der Waals surface area contributed by atoms with Gasteiger partial charge in [-0.1, -0.05) is 49.4 Å². The number of nitrogens with two attached hydrogens (primary N) is 1. The highest BCUT2D eigenvalue weighted by molar-refractivity contribution is 5.97.